The van der Waals surface area contributed by atoms with E-state index in [0.717, 1.165) is 28.2 Å². The molecular formula is C20H20ClN5O4S2. The summed E-state index contributed by atoms with van der Waals surface area (Å²) in [5.74, 6) is 0.375. The maximum absolute atomic E-state index is 11.6. The molecule has 1 aliphatic heterocycles. The van der Waals surface area contributed by atoms with E-state index in [1.54, 1.807) is 0 Å². The molecule has 0 radical (unpaired) electrons. The highest BCUT2D eigenvalue weighted by atomic mass is 35.5. The molecule has 1 amide bonds. The van der Waals surface area contributed by atoms with Gasteiger partial charge in [-0.2, -0.15) is 9.97 Å². The van der Waals surface area contributed by atoms with E-state index in [4.69, 9.17) is 22.1 Å². The zero-order valence-corrected chi connectivity index (χ0v) is 19.5. The summed E-state index contributed by atoms with van der Waals surface area (Å²) in [7, 11) is -3.56. The monoisotopic (exact) mass is 493 g/mol. The Kier molecular flexibility index (Phi) is 6.52. The van der Waals surface area contributed by atoms with Gasteiger partial charge in [0.1, 0.15) is 0 Å². The van der Waals surface area contributed by atoms with Crippen LogP contribution in [0.2, 0.25) is 5.02 Å². The number of hydrogen-bond acceptors (Lipinski definition) is 9. The number of hydrogen-bond donors (Lipinski definition) is 2. The molecule has 3 N–H and O–H groups in total. The SMILES string of the molecule is CS(=O)(=O)NC(=O)CCCSc1nc(N)nc(-c2c(Cl)cc3c4c(cccc24)COC3)n1. The maximum Gasteiger partial charge on any atom is 0.233 e. The Bertz CT molecular complexity index is 1320. The third kappa shape index (κ3) is 5.12. The van der Waals surface area contributed by atoms with Crippen molar-refractivity contribution in [2.24, 2.45) is 0 Å². The predicted octanol–water partition coefficient (Wildman–Crippen LogP) is 2.91. The van der Waals surface area contributed by atoms with Crippen LogP contribution in [0.1, 0.15) is 24.0 Å². The first-order valence-electron chi connectivity index (χ1n) is 9.67. The Morgan fingerprint density at radius 3 is 2.81 bits per heavy atom. The first-order valence-corrected chi connectivity index (χ1v) is 12.9. The van der Waals surface area contributed by atoms with Crippen molar-refractivity contribution in [3.63, 3.8) is 0 Å². The van der Waals surface area contributed by atoms with Gasteiger partial charge in [0.15, 0.2) is 11.0 Å². The van der Waals surface area contributed by atoms with Gasteiger partial charge in [-0.3, -0.25) is 9.52 Å². The van der Waals surface area contributed by atoms with E-state index in [-0.39, 0.29) is 12.4 Å². The Balaban J connectivity index is 1.58. The second-order valence-corrected chi connectivity index (χ2v) is 10.5. The number of carbonyl (C=O) groups is 1. The summed E-state index contributed by atoms with van der Waals surface area (Å²) in [5, 5.41) is 2.90. The van der Waals surface area contributed by atoms with Crippen LogP contribution in [0.15, 0.2) is 29.4 Å². The molecule has 4 rings (SSSR count). The summed E-state index contributed by atoms with van der Waals surface area (Å²) in [6.45, 7) is 1.01. The first kappa shape index (κ1) is 22.7. The molecule has 2 heterocycles. The van der Waals surface area contributed by atoms with Crippen molar-refractivity contribution in [3.8, 4) is 11.4 Å². The number of amides is 1. The van der Waals surface area contributed by atoms with Crippen LogP contribution in [0, 0.1) is 0 Å². The lowest BCUT2D eigenvalue weighted by Crippen LogP contribution is -2.29. The molecule has 0 atom stereocenters. The number of nitrogens with two attached hydrogens (primary N) is 1. The highest BCUT2D eigenvalue weighted by molar-refractivity contribution is 7.99. The molecule has 9 nitrogen and oxygen atoms in total. The van der Waals surface area contributed by atoms with Crippen molar-refractivity contribution < 1.29 is 17.9 Å². The van der Waals surface area contributed by atoms with Crippen LogP contribution in [0.25, 0.3) is 22.2 Å². The fourth-order valence-electron chi connectivity index (χ4n) is 3.55. The van der Waals surface area contributed by atoms with Crippen LogP contribution in [-0.4, -0.2) is 41.3 Å². The van der Waals surface area contributed by atoms with Gasteiger partial charge in [-0.25, -0.2) is 13.4 Å². The van der Waals surface area contributed by atoms with Crippen molar-refractivity contribution in [2.45, 2.75) is 31.2 Å². The summed E-state index contributed by atoms with van der Waals surface area (Å²) >= 11 is 7.92. The molecule has 0 aliphatic carbocycles. The van der Waals surface area contributed by atoms with E-state index in [0.29, 0.717) is 47.0 Å². The number of anilines is 1. The Morgan fingerprint density at radius 1 is 1.25 bits per heavy atom. The fraction of sp³-hybridized carbons (Fsp3) is 0.300. The van der Waals surface area contributed by atoms with Gasteiger partial charge in [0.05, 0.1) is 24.5 Å². The lowest BCUT2D eigenvalue weighted by atomic mass is 9.94. The van der Waals surface area contributed by atoms with Crippen LogP contribution in [0.3, 0.4) is 0 Å². The summed E-state index contributed by atoms with van der Waals surface area (Å²) in [4.78, 5) is 24.6. The summed E-state index contributed by atoms with van der Waals surface area (Å²) in [6.07, 6.45) is 1.44. The number of aromatic nitrogens is 3. The Labute approximate surface area is 194 Å². The van der Waals surface area contributed by atoms with Crippen LogP contribution in [-0.2, 0) is 32.8 Å². The van der Waals surface area contributed by atoms with E-state index in [9.17, 15) is 13.2 Å². The Morgan fingerprint density at radius 2 is 2.03 bits per heavy atom. The first-order chi connectivity index (χ1) is 15.2. The highest BCUT2D eigenvalue weighted by Crippen LogP contribution is 2.39. The molecule has 32 heavy (non-hydrogen) atoms. The zero-order chi connectivity index (χ0) is 22.9. The average molecular weight is 494 g/mol. The molecule has 3 aromatic rings. The van der Waals surface area contributed by atoms with E-state index in [1.165, 1.54) is 11.8 Å². The standard InChI is InChI=1S/C20H20ClN5O4S2/c1-32(28,29)26-15(27)6-3-7-31-20-24-18(23-19(22)25-20)17-13-5-2-4-11-9-30-10-12(16(11)13)8-14(17)21/h2,4-5,8H,3,6-7,9-10H2,1H3,(H,26,27)(H2,22,23,24,25). The maximum atomic E-state index is 11.6. The van der Waals surface area contributed by atoms with Crippen LogP contribution in [0.5, 0.6) is 0 Å². The number of ether oxygens (including phenoxy) is 1. The predicted molar refractivity (Wildman–Crippen MR) is 124 cm³/mol. The number of thioether (sulfide) groups is 1. The van der Waals surface area contributed by atoms with E-state index >= 15 is 0 Å². The molecular weight excluding hydrogens is 474 g/mol. The van der Waals surface area contributed by atoms with E-state index < -0.39 is 15.9 Å². The van der Waals surface area contributed by atoms with Crippen LogP contribution >= 0.6 is 23.4 Å². The van der Waals surface area contributed by atoms with E-state index in [2.05, 4.69) is 15.0 Å². The quantitative estimate of drug-likeness (QED) is 0.375. The van der Waals surface area contributed by atoms with Gasteiger partial charge in [0, 0.05) is 17.7 Å². The number of carbonyl (C=O) groups excluding carboxylic acids is 1. The number of nitrogens with one attached hydrogen (secondary N) is 1. The number of nitrogens with zero attached hydrogens (tertiary/aromatic N) is 3. The van der Waals surface area contributed by atoms with Gasteiger partial charge in [0.25, 0.3) is 0 Å². The molecule has 0 unspecified atom stereocenters. The normalized spacial score (nSPS) is 13.3. The highest BCUT2D eigenvalue weighted by Gasteiger charge is 2.21. The fourth-order valence-corrected chi connectivity index (χ4v) is 5.16. The van der Waals surface area contributed by atoms with Crippen molar-refractivity contribution >= 4 is 56.0 Å². The minimum absolute atomic E-state index is 0.0622. The Hall–Kier alpha value is -2.47. The number of nitrogen functional groups attached to an aromatic ring is 1. The smallest absolute Gasteiger partial charge is 0.233 e. The molecule has 168 valence electrons. The minimum atomic E-state index is -3.56. The lowest BCUT2D eigenvalue weighted by Gasteiger charge is -2.20. The number of rotatable bonds is 7. The summed E-state index contributed by atoms with van der Waals surface area (Å²) in [6, 6.07) is 7.81. The molecule has 1 aromatic heterocycles. The number of benzene rings is 2. The average Bonchev–Trinajstić information content (AvgIpc) is 2.70. The molecule has 0 spiro atoms. The molecule has 0 saturated carbocycles. The molecule has 12 heteroatoms. The van der Waals surface area contributed by atoms with Crippen LogP contribution < -0.4 is 10.5 Å². The molecule has 0 saturated heterocycles. The van der Waals surface area contributed by atoms with Crippen molar-refractivity contribution in [1.29, 1.82) is 0 Å². The second kappa shape index (κ2) is 9.18. The van der Waals surface area contributed by atoms with Gasteiger partial charge < -0.3 is 10.5 Å². The van der Waals surface area contributed by atoms with Gasteiger partial charge in [-0.05, 0) is 34.4 Å². The third-order valence-electron chi connectivity index (χ3n) is 4.73. The second-order valence-electron chi connectivity index (χ2n) is 7.27. The zero-order valence-electron chi connectivity index (χ0n) is 17.1. The van der Waals surface area contributed by atoms with Gasteiger partial charge >= 0.3 is 0 Å². The van der Waals surface area contributed by atoms with Gasteiger partial charge in [-0.15, -0.1) is 0 Å². The third-order valence-corrected chi connectivity index (χ3v) is 6.56. The summed E-state index contributed by atoms with van der Waals surface area (Å²) < 4.78 is 29.8. The molecule has 1 aliphatic rings. The minimum Gasteiger partial charge on any atom is -0.372 e. The summed E-state index contributed by atoms with van der Waals surface area (Å²) in [5.41, 5.74) is 8.71. The van der Waals surface area contributed by atoms with Gasteiger partial charge in [-0.1, -0.05) is 41.6 Å². The molecule has 2 aromatic carbocycles. The number of sulfonamides is 1. The van der Waals surface area contributed by atoms with Gasteiger partial charge in [0.2, 0.25) is 21.9 Å². The van der Waals surface area contributed by atoms with Crippen LogP contribution in [0.4, 0.5) is 5.95 Å². The largest absolute Gasteiger partial charge is 0.372 e. The van der Waals surface area contributed by atoms with Crippen molar-refractivity contribution in [2.75, 3.05) is 17.7 Å². The molecule has 0 fully saturated rings. The lowest BCUT2D eigenvalue weighted by molar-refractivity contribution is -0.119. The molecule has 0 bridgehead atoms. The van der Waals surface area contributed by atoms with Crippen molar-refractivity contribution in [3.05, 3.63) is 40.4 Å². The van der Waals surface area contributed by atoms with Crippen molar-refractivity contribution in [1.82, 2.24) is 19.7 Å². The number of halogens is 1. The topological polar surface area (TPSA) is 137 Å². The van der Waals surface area contributed by atoms with E-state index in [1.807, 2.05) is 29.0 Å².